The smallest absolute Gasteiger partial charge is 0.225 e. The first-order chi connectivity index (χ1) is 8.16. The molecule has 2 N–H and O–H groups in total. The second-order valence-electron chi connectivity index (χ2n) is 4.29. The standard InChI is InChI=1S/C12H16N2O2S/c1-8(10-3-2-6-17-10)14-12(16)9-4-5-11(15)13-7-9/h2-3,6,8-9H,4-5,7H2,1H3,(H,13,15)(H,14,16)/t8-,9-/m1/s1. The summed E-state index contributed by atoms with van der Waals surface area (Å²) in [5.41, 5.74) is 0. The predicted molar refractivity (Wildman–Crippen MR) is 66.6 cm³/mol. The molecular formula is C12H16N2O2S. The third kappa shape index (κ3) is 3.06. The molecule has 0 aliphatic carbocycles. The van der Waals surface area contributed by atoms with Gasteiger partial charge in [-0.15, -0.1) is 11.3 Å². The van der Waals surface area contributed by atoms with Crippen LogP contribution in [0.3, 0.4) is 0 Å². The van der Waals surface area contributed by atoms with E-state index in [4.69, 9.17) is 0 Å². The highest BCUT2D eigenvalue weighted by atomic mass is 32.1. The topological polar surface area (TPSA) is 58.2 Å². The number of hydrogen-bond donors (Lipinski definition) is 2. The van der Waals surface area contributed by atoms with Crippen molar-refractivity contribution in [2.45, 2.75) is 25.8 Å². The molecule has 92 valence electrons. The van der Waals surface area contributed by atoms with Crippen LogP contribution in [0.2, 0.25) is 0 Å². The van der Waals surface area contributed by atoms with Gasteiger partial charge in [0.15, 0.2) is 0 Å². The lowest BCUT2D eigenvalue weighted by molar-refractivity contribution is -0.129. The van der Waals surface area contributed by atoms with Gasteiger partial charge in [-0.1, -0.05) is 6.07 Å². The SMILES string of the molecule is C[C@@H](NC(=O)[C@@H]1CCC(=O)NC1)c1cccs1. The molecule has 0 saturated carbocycles. The van der Waals surface area contributed by atoms with Crippen LogP contribution < -0.4 is 10.6 Å². The Balaban J connectivity index is 1.86. The lowest BCUT2D eigenvalue weighted by atomic mass is 9.98. The van der Waals surface area contributed by atoms with Gasteiger partial charge in [-0.25, -0.2) is 0 Å². The third-order valence-corrected chi connectivity index (χ3v) is 4.02. The molecule has 0 bridgehead atoms. The molecule has 0 radical (unpaired) electrons. The van der Waals surface area contributed by atoms with Crippen molar-refractivity contribution in [3.63, 3.8) is 0 Å². The number of rotatable bonds is 3. The summed E-state index contributed by atoms with van der Waals surface area (Å²) < 4.78 is 0. The van der Waals surface area contributed by atoms with Crippen molar-refractivity contribution in [2.75, 3.05) is 6.54 Å². The molecule has 2 rings (SSSR count). The van der Waals surface area contributed by atoms with E-state index in [1.54, 1.807) is 11.3 Å². The number of piperidine rings is 1. The average Bonchev–Trinajstić information content (AvgIpc) is 2.83. The predicted octanol–water partition coefficient (Wildman–Crippen LogP) is 1.45. The number of nitrogens with one attached hydrogen (secondary N) is 2. The van der Waals surface area contributed by atoms with E-state index in [2.05, 4.69) is 10.6 Å². The highest BCUT2D eigenvalue weighted by molar-refractivity contribution is 7.10. The second-order valence-corrected chi connectivity index (χ2v) is 5.26. The van der Waals surface area contributed by atoms with Crippen molar-refractivity contribution in [3.05, 3.63) is 22.4 Å². The Morgan fingerprint density at radius 3 is 3.06 bits per heavy atom. The summed E-state index contributed by atoms with van der Waals surface area (Å²) in [5, 5.41) is 7.71. The van der Waals surface area contributed by atoms with Crippen molar-refractivity contribution in [1.29, 1.82) is 0 Å². The Labute approximate surface area is 104 Å². The van der Waals surface area contributed by atoms with Gasteiger partial charge in [0.1, 0.15) is 0 Å². The molecule has 1 aromatic heterocycles. The van der Waals surface area contributed by atoms with E-state index in [1.165, 1.54) is 0 Å². The Kier molecular flexibility index (Phi) is 3.78. The van der Waals surface area contributed by atoms with Crippen LogP contribution in [-0.2, 0) is 9.59 Å². The fourth-order valence-corrected chi connectivity index (χ4v) is 2.63. The van der Waals surface area contributed by atoms with E-state index >= 15 is 0 Å². The number of hydrogen-bond acceptors (Lipinski definition) is 3. The molecular weight excluding hydrogens is 236 g/mol. The largest absolute Gasteiger partial charge is 0.355 e. The van der Waals surface area contributed by atoms with Gasteiger partial charge < -0.3 is 10.6 Å². The molecule has 0 aromatic carbocycles. The first-order valence-corrected chi connectivity index (χ1v) is 6.65. The van der Waals surface area contributed by atoms with Gasteiger partial charge in [0.2, 0.25) is 11.8 Å². The maximum absolute atomic E-state index is 12.0. The second kappa shape index (κ2) is 5.31. The van der Waals surface area contributed by atoms with E-state index in [1.807, 2.05) is 24.4 Å². The summed E-state index contributed by atoms with van der Waals surface area (Å²) in [6.45, 7) is 2.44. The molecule has 1 aliphatic rings. The van der Waals surface area contributed by atoms with E-state index in [0.717, 1.165) is 4.88 Å². The molecule has 17 heavy (non-hydrogen) atoms. The summed E-state index contributed by atoms with van der Waals surface area (Å²) in [4.78, 5) is 24.1. The van der Waals surface area contributed by atoms with E-state index < -0.39 is 0 Å². The summed E-state index contributed by atoms with van der Waals surface area (Å²) >= 11 is 1.64. The maximum atomic E-state index is 12.0. The van der Waals surface area contributed by atoms with Gasteiger partial charge in [-0.05, 0) is 24.8 Å². The third-order valence-electron chi connectivity index (χ3n) is 2.97. The van der Waals surface area contributed by atoms with Crippen molar-refractivity contribution < 1.29 is 9.59 Å². The van der Waals surface area contributed by atoms with Crippen LogP contribution in [0.15, 0.2) is 17.5 Å². The summed E-state index contributed by atoms with van der Waals surface area (Å²) in [6, 6.07) is 4.03. The minimum absolute atomic E-state index is 0.0332. The first kappa shape index (κ1) is 12.1. The van der Waals surface area contributed by atoms with Crippen LogP contribution in [0.1, 0.15) is 30.7 Å². The number of carbonyl (C=O) groups excluding carboxylic acids is 2. The van der Waals surface area contributed by atoms with Crippen LogP contribution in [0.25, 0.3) is 0 Å². The summed E-state index contributed by atoms with van der Waals surface area (Å²) in [6.07, 6.45) is 1.10. The van der Waals surface area contributed by atoms with Crippen molar-refractivity contribution >= 4 is 23.2 Å². The van der Waals surface area contributed by atoms with Gasteiger partial charge >= 0.3 is 0 Å². The van der Waals surface area contributed by atoms with Crippen molar-refractivity contribution in [2.24, 2.45) is 5.92 Å². The van der Waals surface area contributed by atoms with Gasteiger partial charge in [-0.3, -0.25) is 9.59 Å². The molecule has 4 nitrogen and oxygen atoms in total. The van der Waals surface area contributed by atoms with E-state index in [-0.39, 0.29) is 23.8 Å². The van der Waals surface area contributed by atoms with Gasteiger partial charge in [0.05, 0.1) is 12.0 Å². The van der Waals surface area contributed by atoms with Gasteiger partial charge in [0.25, 0.3) is 0 Å². The van der Waals surface area contributed by atoms with Crippen LogP contribution >= 0.6 is 11.3 Å². The average molecular weight is 252 g/mol. The van der Waals surface area contributed by atoms with Crippen LogP contribution in [0.5, 0.6) is 0 Å². The van der Waals surface area contributed by atoms with Crippen LogP contribution in [-0.4, -0.2) is 18.4 Å². The lowest BCUT2D eigenvalue weighted by Gasteiger charge is -2.23. The highest BCUT2D eigenvalue weighted by Gasteiger charge is 2.25. The summed E-state index contributed by atoms with van der Waals surface area (Å²) in [5.74, 6) is -0.0126. The molecule has 1 aromatic rings. The normalized spacial score (nSPS) is 21.7. The lowest BCUT2D eigenvalue weighted by Crippen LogP contribution is -2.43. The first-order valence-electron chi connectivity index (χ1n) is 5.77. The van der Waals surface area contributed by atoms with E-state index in [9.17, 15) is 9.59 Å². The number of amides is 2. The van der Waals surface area contributed by atoms with Crippen LogP contribution in [0, 0.1) is 5.92 Å². The van der Waals surface area contributed by atoms with Gasteiger partial charge in [0, 0.05) is 17.8 Å². The Bertz CT molecular complexity index is 393. The quantitative estimate of drug-likeness (QED) is 0.855. The zero-order valence-electron chi connectivity index (χ0n) is 9.73. The zero-order valence-corrected chi connectivity index (χ0v) is 10.5. The highest BCUT2D eigenvalue weighted by Crippen LogP contribution is 2.19. The van der Waals surface area contributed by atoms with Crippen molar-refractivity contribution in [1.82, 2.24) is 10.6 Å². The van der Waals surface area contributed by atoms with Crippen molar-refractivity contribution in [3.8, 4) is 0 Å². The Morgan fingerprint density at radius 1 is 1.65 bits per heavy atom. The molecule has 1 saturated heterocycles. The summed E-state index contributed by atoms with van der Waals surface area (Å²) in [7, 11) is 0. The fourth-order valence-electron chi connectivity index (χ4n) is 1.90. The molecule has 0 spiro atoms. The molecule has 1 aliphatic heterocycles. The minimum atomic E-state index is -0.0879. The fraction of sp³-hybridized carbons (Fsp3) is 0.500. The molecule has 1 fully saturated rings. The molecule has 2 amide bonds. The Hall–Kier alpha value is -1.36. The molecule has 0 unspecified atom stereocenters. The maximum Gasteiger partial charge on any atom is 0.225 e. The molecule has 5 heteroatoms. The minimum Gasteiger partial charge on any atom is -0.355 e. The van der Waals surface area contributed by atoms with Crippen LogP contribution in [0.4, 0.5) is 0 Å². The molecule has 2 heterocycles. The van der Waals surface area contributed by atoms with E-state index in [0.29, 0.717) is 19.4 Å². The zero-order chi connectivity index (χ0) is 12.3. The monoisotopic (exact) mass is 252 g/mol. The number of thiophene rings is 1. The van der Waals surface area contributed by atoms with Gasteiger partial charge in [-0.2, -0.15) is 0 Å². The Morgan fingerprint density at radius 2 is 2.47 bits per heavy atom. The number of carbonyl (C=O) groups is 2. The molecule has 2 atom stereocenters.